The number of aliphatic carboxylic acids is 1. The molecule has 0 aromatic heterocycles. The summed E-state index contributed by atoms with van der Waals surface area (Å²) in [5.74, 6) is 2.87. The Kier molecular flexibility index (Phi) is 3.52. The molecule has 0 bridgehead atoms. The number of hydrogen-bond donors (Lipinski definition) is 2. The van der Waals surface area contributed by atoms with Gasteiger partial charge in [-0.3, -0.25) is 0 Å². The molecule has 0 heterocycles. The Morgan fingerprint density at radius 2 is 2.00 bits per heavy atom. The minimum absolute atomic E-state index is 0.281. The molecular weight excluding hydrogens is 132 g/mol. The van der Waals surface area contributed by atoms with Crippen molar-refractivity contribution < 1.29 is 15.0 Å². The molecule has 0 fully saturated rings. The summed E-state index contributed by atoms with van der Waals surface area (Å²) in [6.45, 7) is 3.24. The maximum absolute atomic E-state index is 9.87. The Morgan fingerprint density at radius 1 is 1.50 bits per heavy atom. The summed E-state index contributed by atoms with van der Waals surface area (Å²) in [7, 11) is 0. The average molecular weight is 142 g/mol. The molecule has 0 amide bonds. The van der Waals surface area contributed by atoms with E-state index >= 15 is 0 Å². The quantitative estimate of drug-likeness (QED) is 0.510. The van der Waals surface area contributed by atoms with E-state index in [1.54, 1.807) is 13.8 Å². The highest BCUT2D eigenvalue weighted by atomic mass is 16.4. The summed E-state index contributed by atoms with van der Waals surface area (Å²) >= 11 is 0. The Morgan fingerprint density at radius 3 is 2.30 bits per heavy atom. The lowest BCUT2D eigenvalue weighted by Crippen LogP contribution is -2.10. The minimum Gasteiger partial charge on any atom is -0.472 e. The van der Waals surface area contributed by atoms with Crippen molar-refractivity contribution >= 4 is 5.97 Å². The van der Waals surface area contributed by atoms with Crippen molar-refractivity contribution in [1.29, 1.82) is 0 Å². The van der Waals surface area contributed by atoms with Crippen molar-refractivity contribution in [3.63, 3.8) is 0 Å². The van der Waals surface area contributed by atoms with Gasteiger partial charge in [0.05, 0.1) is 6.10 Å². The highest BCUT2D eigenvalue weighted by molar-refractivity contribution is 5.86. The summed E-state index contributed by atoms with van der Waals surface area (Å²) in [5, 5.41) is 16.9. The van der Waals surface area contributed by atoms with Crippen molar-refractivity contribution in [2.45, 2.75) is 20.0 Å². The maximum atomic E-state index is 9.87. The van der Waals surface area contributed by atoms with Gasteiger partial charge in [-0.05, 0) is 13.8 Å². The van der Waals surface area contributed by atoms with Gasteiger partial charge in [0.15, 0.2) is 0 Å². The van der Waals surface area contributed by atoms with E-state index in [0.717, 1.165) is 0 Å². The number of carboxylic acids is 1. The lowest BCUT2D eigenvalue weighted by atomic mass is 10.1. The Bertz CT molecular complexity index is 173. The third kappa shape index (κ3) is 3.93. The van der Waals surface area contributed by atoms with Crippen molar-refractivity contribution in [1.82, 2.24) is 0 Å². The number of carboxylic acid groups (broad SMARTS) is 1. The Labute approximate surface area is 59.7 Å². The second-order valence-corrected chi connectivity index (χ2v) is 2.10. The van der Waals surface area contributed by atoms with Gasteiger partial charge in [0.2, 0.25) is 0 Å². The molecule has 2 atom stereocenters. The zero-order valence-electron chi connectivity index (χ0n) is 5.96. The van der Waals surface area contributed by atoms with E-state index in [1.807, 2.05) is 5.92 Å². The molecule has 3 heteroatoms. The van der Waals surface area contributed by atoms with Gasteiger partial charge in [0, 0.05) is 11.8 Å². The zero-order chi connectivity index (χ0) is 8.15. The molecule has 0 spiro atoms. The van der Waals surface area contributed by atoms with E-state index in [0.29, 0.717) is 0 Å². The van der Waals surface area contributed by atoms with Crippen LogP contribution in [0.2, 0.25) is 0 Å². The van der Waals surface area contributed by atoms with Crippen LogP contribution in [0, 0.1) is 17.8 Å². The van der Waals surface area contributed by atoms with Gasteiger partial charge in [-0.1, -0.05) is 5.92 Å². The first kappa shape index (κ1) is 8.99. The topological polar surface area (TPSA) is 57.5 Å². The number of hydrogen-bond acceptors (Lipinski definition) is 2. The van der Waals surface area contributed by atoms with Crippen LogP contribution in [0.25, 0.3) is 0 Å². The molecule has 0 aromatic carbocycles. The molecule has 1 unspecified atom stereocenters. The third-order valence-corrected chi connectivity index (χ3v) is 1.13. The lowest BCUT2D eigenvalue weighted by molar-refractivity contribution is -0.130. The third-order valence-electron chi connectivity index (χ3n) is 1.13. The van der Waals surface area contributed by atoms with E-state index in [1.165, 1.54) is 0 Å². The van der Waals surface area contributed by atoms with Crippen LogP contribution in [-0.4, -0.2) is 22.3 Å². The average Bonchev–Trinajstić information content (AvgIpc) is 1.82. The van der Waals surface area contributed by atoms with Crippen LogP contribution in [0.3, 0.4) is 0 Å². The summed E-state index contributed by atoms with van der Waals surface area (Å²) in [6, 6.07) is 0. The fraction of sp³-hybridized carbons (Fsp3) is 0.571. The summed E-state index contributed by atoms with van der Waals surface area (Å²) in [6.07, 6.45) is -0.577. The van der Waals surface area contributed by atoms with Crippen LogP contribution < -0.4 is 0 Å². The fourth-order valence-corrected chi connectivity index (χ4v) is 0.296. The second kappa shape index (κ2) is 3.91. The van der Waals surface area contributed by atoms with Crippen molar-refractivity contribution in [2.75, 3.05) is 0 Å². The van der Waals surface area contributed by atoms with E-state index in [4.69, 9.17) is 10.2 Å². The van der Waals surface area contributed by atoms with Gasteiger partial charge in [-0.15, -0.1) is 0 Å². The van der Waals surface area contributed by atoms with Crippen LogP contribution in [-0.2, 0) is 4.79 Å². The predicted molar refractivity (Wildman–Crippen MR) is 36.3 cm³/mol. The molecule has 2 N–H and O–H groups in total. The first-order valence-electron chi connectivity index (χ1n) is 2.96. The first-order valence-corrected chi connectivity index (χ1v) is 2.96. The van der Waals surface area contributed by atoms with Gasteiger partial charge in [0.1, 0.15) is 0 Å². The van der Waals surface area contributed by atoms with Crippen LogP contribution in [0.15, 0.2) is 0 Å². The first-order chi connectivity index (χ1) is 4.54. The summed E-state index contributed by atoms with van der Waals surface area (Å²) in [4.78, 5) is 9.87. The smallest absolute Gasteiger partial charge is 0.381 e. The van der Waals surface area contributed by atoms with Gasteiger partial charge >= 0.3 is 5.97 Å². The van der Waals surface area contributed by atoms with E-state index < -0.39 is 12.1 Å². The molecule has 0 aliphatic carbocycles. The van der Waals surface area contributed by atoms with Gasteiger partial charge in [-0.25, -0.2) is 4.79 Å². The van der Waals surface area contributed by atoms with Crippen LogP contribution in [0.4, 0.5) is 0 Å². The fourth-order valence-electron chi connectivity index (χ4n) is 0.296. The number of aliphatic hydroxyl groups excluding tert-OH is 1. The molecule has 0 aliphatic heterocycles. The zero-order valence-corrected chi connectivity index (χ0v) is 5.96. The van der Waals surface area contributed by atoms with E-state index in [2.05, 4.69) is 5.92 Å². The number of carbonyl (C=O) groups is 1. The molecule has 0 rings (SSSR count). The summed E-state index contributed by atoms with van der Waals surface area (Å²) in [5.41, 5.74) is 0. The van der Waals surface area contributed by atoms with Crippen molar-refractivity contribution in [3.8, 4) is 11.8 Å². The summed E-state index contributed by atoms with van der Waals surface area (Å²) < 4.78 is 0. The van der Waals surface area contributed by atoms with Crippen molar-refractivity contribution in [2.24, 2.45) is 5.92 Å². The molecule has 3 nitrogen and oxygen atoms in total. The normalized spacial score (nSPS) is 14.7. The van der Waals surface area contributed by atoms with E-state index in [-0.39, 0.29) is 5.92 Å². The van der Waals surface area contributed by atoms with Gasteiger partial charge in [-0.2, -0.15) is 0 Å². The molecular formula is C7H10O3. The molecule has 0 radical (unpaired) electrons. The molecule has 56 valence electrons. The predicted octanol–water partition coefficient (Wildman–Crippen LogP) is 0.0913. The van der Waals surface area contributed by atoms with E-state index in [9.17, 15) is 4.79 Å². The largest absolute Gasteiger partial charge is 0.472 e. The molecule has 0 aliphatic rings. The maximum Gasteiger partial charge on any atom is 0.381 e. The van der Waals surface area contributed by atoms with Gasteiger partial charge in [0.25, 0.3) is 0 Å². The van der Waals surface area contributed by atoms with Crippen LogP contribution in [0.1, 0.15) is 13.8 Å². The standard InChI is InChI=1S/C7H10O3/c1-5(6(2)8)3-4-7(9)10/h5-6,8H,1-2H3,(H,9,10)/t5?,6-/m1/s1. The number of rotatable bonds is 1. The van der Waals surface area contributed by atoms with Crippen LogP contribution in [0.5, 0.6) is 0 Å². The second-order valence-electron chi connectivity index (χ2n) is 2.10. The molecule has 0 aromatic rings. The van der Waals surface area contributed by atoms with Crippen LogP contribution >= 0.6 is 0 Å². The number of aliphatic hydroxyl groups is 1. The molecule has 0 saturated heterocycles. The molecule has 10 heavy (non-hydrogen) atoms. The lowest BCUT2D eigenvalue weighted by Gasteiger charge is -2.04. The Hall–Kier alpha value is -1.01. The van der Waals surface area contributed by atoms with Gasteiger partial charge < -0.3 is 10.2 Å². The minimum atomic E-state index is -1.16. The molecule has 0 saturated carbocycles. The van der Waals surface area contributed by atoms with Crippen molar-refractivity contribution in [3.05, 3.63) is 0 Å². The Balaban J connectivity index is 3.92. The monoisotopic (exact) mass is 142 g/mol. The SMILES string of the molecule is CC(C#CC(=O)O)[C@@H](C)O. The highest BCUT2D eigenvalue weighted by Crippen LogP contribution is 1.98. The highest BCUT2D eigenvalue weighted by Gasteiger charge is 2.03.